The van der Waals surface area contributed by atoms with E-state index in [4.69, 9.17) is 4.74 Å². The molecule has 4 aromatic carbocycles. The van der Waals surface area contributed by atoms with Crippen LogP contribution in [-0.4, -0.2) is 13.3 Å². The second kappa shape index (κ2) is 8.30. The first-order valence-electron chi connectivity index (χ1n) is 10.2. The Morgan fingerprint density at radius 2 is 1.03 bits per heavy atom. The van der Waals surface area contributed by atoms with E-state index >= 15 is 0 Å². The van der Waals surface area contributed by atoms with E-state index in [0.717, 1.165) is 11.9 Å². The number of para-hydroxylation sites is 1. The minimum absolute atomic E-state index is 0.810. The van der Waals surface area contributed by atoms with E-state index in [-0.39, 0.29) is 0 Å². The normalized spacial score (nSPS) is 12.5. The molecule has 0 aromatic heterocycles. The zero-order valence-electron chi connectivity index (χ0n) is 17.3. The fourth-order valence-electron chi connectivity index (χ4n) is 4.85. The molecule has 2 heteroatoms. The summed E-state index contributed by atoms with van der Waals surface area (Å²) in [7, 11) is 1.76. The van der Waals surface area contributed by atoms with Gasteiger partial charge in [0.15, 0.2) is 0 Å². The molecule has 0 fully saturated rings. The van der Waals surface area contributed by atoms with E-state index in [0.29, 0.717) is 0 Å². The van der Waals surface area contributed by atoms with E-state index < -0.39 is 6.60 Å². The first-order valence-corrected chi connectivity index (χ1v) is 12.6. The molecule has 150 valence electrons. The van der Waals surface area contributed by atoms with Crippen LogP contribution in [0, 0.1) is 0 Å². The Bertz CT molecular complexity index is 1020. The summed E-state index contributed by atoms with van der Waals surface area (Å²) in [6.07, 6.45) is 2.89. The molecule has 0 radical (unpaired) electrons. The first kappa shape index (κ1) is 20.1. The van der Waals surface area contributed by atoms with Crippen LogP contribution in [0.25, 0.3) is 0 Å². The number of hydrogen-bond acceptors (Lipinski definition) is 1. The Morgan fingerprint density at radius 3 is 1.43 bits per heavy atom. The number of benzene rings is 4. The predicted octanol–water partition coefficient (Wildman–Crippen LogP) is 5.04. The van der Waals surface area contributed by atoms with Crippen LogP contribution in [0.1, 0.15) is 0 Å². The number of allylic oxidation sites excluding steroid dienone is 1. The zero-order chi connectivity index (χ0) is 20.9. The van der Waals surface area contributed by atoms with Crippen molar-refractivity contribution in [3.8, 4) is 5.75 Å². The number of methoxy groups -OCH3 is 1. The van der Waals surface area contributed by atoms with Crippen LogP contribution in [0.2, 0.25) is 0 Å². The molecule has 4 aromatic rings. The number of hydrogen-bond donors (Lipinski definition) is 0. The van der Waals surface area contributed by atoms with E-state index in [1.165, 1.54) is 21.2 Å². The van der Waals surface area contributed by atoms with Gasteiger partial charge in [-0.25, -0.2) is 0 Å². The number of rotatable bonds is 7. The van der Waals surface area contributed by atoms with Crippen molar-refractivity contribution in [2.24, 2.45) is 0 Å². The molecule has 0 atom stereocenters. The van der Waals surface area contributed by atoms with Gasteiger partial charge in [-0.05, 0) is 0 Å². The minimum atomic E-state index is -3.18. The predicted molar refractivity (Wildman–Crippen MR) is 133 cm³/mol. The Labute approximate surface area is 179 Å². The van der Waals surface area contributed by atoms with Crippen LogP contribution in [0.15, 0.2) is 128 Å². The molecule has 0 aliphatic heterocycles. The van der Waals surface area contributed by atoms with Crippen molar-refractivity contribution in [3.05, 3.63) is 128 Å². The summed E-state index contributed by atoms with van der Waals surface area (Å²) in [6, 6.07) is 41.2. The van der Waals surface area contributed by atoms with Crippen molar-refractivity contribution in [3.63, 3.8) is 0 Å². The second-order valence-electron chi connectivity index (χ2n) is 7.45. The van der Waals surface area contributed by atoms with Gasteiger partial charge in [0.25, 0.3) is 0 Å². The average Bonchev–Trinajstić information content (AvgIpc) is 2.84. The van der Waals surface area contributed by atoms with Gasteiger partial charge in [0, 0.05) is 0 Å². The Balaban J connectivity index is 2.34. The zero-order valence-corrected chi connectivity index (χ0v) is 18.2. The molecule has 0 aliphatic rings. The summed E-state index contributed by atoms with van der Waals surface area (Å²) in [5.41, 5.74) is 0. The summed E-state index contributed by atoms with van der Waals surface area (Å²) in [5.74, 6) is 0.911. The molecule has 0 spiro atoms. The van der Waals surface area contributed by atoms with Gasteiger partial charge < -0.3 is 0 Å². The molecular weight excluding hydrogens is 383 g/mol. The van der Waals surface area contributed by atoms with Crippen LogP contribution < -0.4 is 26.0 Å². The average molecular weight is 410 g/mol. The van der Waals surface area contributed by atoms with Crippen LogP contribution in [0.5, 0.6) is 5.75 Å². The first-order chi connectivity index (χ1) is 14.8. The summed E-state index contributed by atoms with van der Waals surface area (Å²) >= 11 is 0. The molecule has 0 bridgehead atoms. The van der Waals surface area contributed by atoms with E-state index in [9.17, 15) is 0 Å². The molecule has 30 heavy (non-hydrogen) atoms. The van der Waals surface area contributed by atoms with Gasteiger partial charge in [-0.1, -0.05) is 0 Å². The standard InChI is InChI=1S/C28H27OP/c1-3-23-30(24-15-7-4-8-16-24,25-17-9-5-10-18-25,26-19-11-6-12-20-26)28-22-14-13-21-27(28)29-2/h3-22H,1,23H2,2H3. The second-order valence-corrected chi connectivity index (χ2v) is 12.5. The van der Waals surface area contributed by atoms with Gasteiger partial charge in [0.2, 0.25) is 0 Å². The Morgan fingerprint density at radius 1 is 0.633 bits per heavy atom. The summed E-state index contributed by atoms with van der Waals surface area (Å²) < 4.78 is 5.99. The van der Waals surface area contributed by atoms with Gasteiger partial charge in [-0.15, -0.1) is 0 Å². The van der Waals surface area contributed by atoms with Gasteiger partial charge >= 0.3 is 179 Å². The third kappa shape index (κ3) is 2.82. The maximum atomic E-state index is 5.99. The third-order valence-electron chi connectivity index (χ3n) is 6.09. The van der Waals surface area contributed by atoms with Crippen molar-refractivity contribution in [2.75, 3.05) is 13.3 Å². The van der Waals surface area contributed by atoms with Crippen LogP contribution >= 0.6 is 6.60 Å². The molecule has 0 unspecified atom stereocenters. The van der Waals surface area contributed by atoms with E-state index in [2.05, 4.69) is 122 Å². The van der Waals surface area contributed by atoms with Gasteiger partial charge in [-0.3, -0.25) is 0 Å². The molecule has 0 saturated heterocycles. The summed E-state index contributed by atoms with van der Waals surface area (Å²) in [4.78, 5) is 0. The van der Waals surface area contributed by atoms with E-state index in [1.807, 2.05) is 6.07 Å². The monoisotopic (exact) mass is 410 g/mol. The summed E-state index contributed by atoms with van der Waals surface area (Å²) in [5, 5.41) is 5.16. The molecule has 1 nitrogen and oxygen atoms in total. The number of ether oxygens (including phenoxy) is 1. The van der Waals surface area contributed by atoms with Crippen LogP contribution in [0.4, 0.5) is 0 Å². The quantitative estimate of drug-likeness (QED) is 0.307. The maximum absolute atomic E-state index is 5.99. The molecular formula is C28H27OP. The molecule has 0 heterocycles. The molecule has 0 amide bonds. The fourth-order valence-corrected chi connectivity index (χ4v) is 11.5. The Hall–Kier alpha value is -3.15. The Kier molecular flexibility index (Phi) is 5.57. The van der Waals surface area contributed by atoms with Gasteiger partial charge in [-0.2, -0.15) is 0 Å². The van der Waals surface area contributed by atoms with Crippen LogP contribution in [-0.2, 0) is 0 Å². The SMILES string of the molecule is C=CCP(c1ccccc1)(c1ccccc1)(c1ccccc1)c1ccccc1OC. The van der Waals surface area contributed by atoms with Gasteiger partial charge in [0.05, 0.1) is 0 Å². The summed E-state index contributed by atoms with van der Waals surface area (Å²) in [6.45, 7) is 1.06. The van der Waals surface area contributed by atoms with Crippen molar-refractivity contribution in [1.29, 1.82) is 0 Å². The van der Waals surface area contributed by atoms with Gasteiger partial charge in [0.1, 0.15) is 0 Å². The molecule has 0 aliphatic carbocycles. The topological polar surface area (TPSA) is 9.23 Å². The van der Waals surface area contributed by atoms with Crippen LogP contribution in [0.3, 0.4) is 0 Å². The van der Waals surface area contributed by atoms with Crippen molar-refractivity contribution >= 4 is 27.8 Å². The fraction of sp³-hybridized carbons (Fsp3) is 0.0714. The molecule has 0 saturated carbocycles. The third-order valence-corrected chi connectivity index (χ3v) is 12.8. The van der Waals surface area contributed by atoms with Crippen molar-refractivity contribution in [1.82, 2.24) is 0 Å². The van der Waals surface area contributed by atoms with Crippen molar-refractivity contribution < 1.29 is 4.74 Å². The molecule has 4 rings (SSSR count). The molecule has 0 N–H and O–H groups in total. The van der Waals surface area contributed by atoms with E-state index in [1.54, 1.807) is 7.11 Å². The van der Waals surface area contributed by atoms with Crippen molar-refractivity contribution in [2.45, 2.75) is 0 Å².